The van der Waals surface area contributed by atoms with E-state index in [4.69, 9.17) is 5.11 Å². The summed E-state index contributed by atoms with van der Waals surface area (Å²) in [6.45, 7) is 0.137. The molecule has 1 aromatic carbocycles. The first-order valence-electron chi connectivity index (χ1n) is 5.78. The molecule has 0 fully saturated rings. The monoisotopic (exact) mass is 326 g/mol. The standard InChI is InChI=1S/C12H13F3O5S/c1-8(12(13,14)15)20-5-6-21(18,19)10-4-2-3-9(7-10)11(16)17/h2-4,7-8H,5-6H2,1H3,(H,16,17). The molecule has 9 heteroatoms. The van der Waals surface area contributed by atoms with Crippen LogP contribution in [-0.4, -0.2) is 44.1 Å². The normalized spacial score (nSPS) is 13.9. The van der Waals surface area contributed by atoms with Gasteiger partial charge in [0.05, 0.1) is 22.8 Å². The maximum atomic E-state index is 12.2. The highest BCUT2D eigenvalue weighted by atomic mass is 32.2. The fraction of sp³-hybridized carbons (Fsp3) is 0.417. The van der Waals surface area contributed by atoms with Gasteiger partial charge in [0.1, 0.15) is 0 Å². The predicted octanol–water partition coefficient (Wildman–Crippen LogP) is 2.13. The summed E-state index contributed by atoms with van der Waals surface area (Å²) in [6.07, 6.45) is -6.63. The van der Waals surface area contributed by atoms with Gasteiger partial charge in [-0.1, -0.05) is 6.07 Å². The molecule has 0 aliphatic rings. The second-order valence-corrected chi connectivity index (χ2v) is 6.32. The van der Waals surface area contributed by atoms with Gasteiger partial charge in [-0.05, 0) is 25.1 Å². The number of rotatable bonds is 6. The van der Waals surface area contributed by atoms with Crippen LogP contribution in [0.3, 0.4) is 0 Å². The molecule has 0 saturated carbocycles. The van der Waals surface area contributed by atoms with Gasteiger partial charge in [0.2, 0.25) is 0 Å². The Morgan fingerprint density at radius 2 is 2.00 bits per heavy atom. The Labute approximate surface area is 119 Å². The minimum absolute atomic E-state index is 0.222. The van der Waals surface area contributed by atoms with Crippen molar-refractivity contribution in [2.45, 2.75) is 24.1 Å². The van der Waals surface area contributed by atoms with Gasteiger partial charge in [-0.15, -0.1) is 0 Å². The highest BCUT2D eigenvalue weighted by Gasteiger charge is 2.37. The van der Waals surface area contributed by atoms with E-state index in [1.807, 2.05) is 0 Å². The zero-order valence-electron chi connectivity index (χ0n) is 10.9. The van der Waals surface area contributed by atoms with Crippen molar-refractivity contribution in [1.29, 1.82) is 0 Å². The van der Waals surface area contributed by atoms with Crippen LogP contribution >= 0.6 is 0 Å². The molecule has 1 N–H and O–H groups in total. The lowest BCUT2D eigenvalue weighted by Crippen LogP contribution is -2.30. The number of aromatic carboxylic acids is 1. The summed E-state index contributed by atoms with van der Waals surface area (Å²) in [6, 6.07) is 4.58. The fourth-order valence-corrected chi connectivity index (χ4v) is 2.51. The Kier molecular flexibility index (Phi) is 5.35. The zero-order chi connectivity index (χ0) is 16.3. The van der Waals surface area contributed by atoms with E-state index < -0.39 is 40.4 Å². The Hall–Kier alpha value is -1.61. The molecule has 0 aromatic heterocycles. The Morgan fingerprint density at radius 3 is 2.52 bits per heavy atom. The number of benzene rings is 1. The summed E-state index contributed by atoms with van der Waals surface area (Å²) in [7, 11) is -3.91. The van der Waals surface area contributed by atoms with Crippen LogP contribution in [0.1, 0.15) is 17.3 Å². The molecule has 0 aliphatic carbocycles. The molecule has 5 nitrogen and oxygen atoms in total. The largest absolute Gasteiger partial charge is 0.478 e. The second kappa shape index (κ2) is 6.44. The first-order valence-corrected chi connectivity index (χ1v) is 7.43. The van der Waals surface area contributed by atoms with Gasteiger partial charge < -0.3 is 9.84 Å². The quantitative estimate of drug-likeness (QED) is 0.866. The molecule has 0 saturated heterocycles. The van der Waals surface area contributed by atoms with Gasteiger partial charge in [-0.2, -0.15) is 13.2 Å². The first kappa shape index (κ1) is 17.4. The van der Waals surface area contributed by atoms with Crippen molar-refractivity contribution < 1.29 is 36.2 Å². The number of ether oxygens (including phenoxy) is 1. The highest BCUT2D eigenvalue weighted by Crippen LogP contribution is 2.22. The van der Waals surface area contributed by atoms with Gasteiger partial charge >= 0.3 is 12.1 Å². The lowest BCUT2D eigenvalue weighted by atomic mass is 10.2. The first-order chi connectivity index (χ1) is 9.54. The SMILES string of the molecule is CC(OCCS(=O)(=O)c1cccc(C(=O)O)c1)C(F)(F)F. The molecule has 0 radical (unpaired) electrons. The van der Waals surface area contributed by atoms with Crippen LogP contribution in [0.5, 0.6) is 0 Å². The van der Waals surface area contributed by atoms with Crippen molar-refractivity contribution in [3.63, 3.8) is 0 Å². The maximum Gasteiger partial charge on any atom is 0.414 e. The van der Waals surface area contributed by atoms with Crippen LogP contribution in [0.15, 0.2) is 29.2 Å². The van der Waals surface area contributed by atoms with E-state index in [1.165, 1.54) is 18.2 Å². The van der Waals surface area contributed by atoms with Gasteiger partial charge in [-0.25, -0.2) is 13.2 Å². The lowest BCUT2D eigenvalue weighted by molar-refractivity contribution is -0.212. The molecule has 0 spiro atoms. The van der Waals surface area contributed by atoms with E-state index in [1.54, 1.807) is 0 Å². The van der Waals surface area contributed by atoms with E-state index in [0.717, 1.165) is 13.0 Å². The third-order valence-corrected chi connectivity index (χ3v) is 4.30. The molecule has 1 aromatic rings. The molecule has 1 unspecified atom stereocenters. The number of hydrogen-bond donors (Lipinski definition) is 1. The summed E-state index contributed by atoms with van der Waals surface area (Å²) >= 11 is 0. The highest BCUT2D eigenvalue weighted by molar-refractivity contribution is 7.91. The van der Waals surface area contributed by atoms with Gasteiger partial charge in [0, 0.05) is 0 Å². The Morgan fingerprint density at radius 1 is 1.38 bits per heavy atom. The number of carbonyl (C=O) groups is 1. The lowest BCUT2D eigenvalue weighted by Gasteiger charge is -2.16. The van der Waals surface area contributed by atoms with Crippen molar-refractivity contribution >= 4 is 15.8 Å². The van der Waals surface area contributed by atoms with E-state index in [0.29, 0.717) is 0 Å². The summed E-state index contributed by atoms with van der Waals surface area (Å²) in [5.74, 6) is -1.97. The average molecular weight is 326 g/mol. The smallest absolute Gasteiger partial charge is 0.414 e. The molecule has 118 valence electrons. The molecule has 21 heavy (non-hydrogen) atoms. The third kappa shape index (κ3) is 5.01. The number of sulfone groups is 1. The van der Waals surface area contributed by atoms with Crippen molar-refractivity contribution in [3.8, 4) is 0 Å². The molecular formula is C12H13F3O5S. The van der Waals surface area contributed by atoms with Crippen LogP contribution in [0.2, 0.25) is 0 Å². The van der Waals surface area contributed by atoms with Crippen LogP contribution < -0.4 is 0 Å². The number of halogens is 3. The molecule has 1 atom stereocenters. The maximum absolute atomic E-state index is 12.2. The predicted molar refractivity (Wildman–Crippen MR) is 66.9 cm³/mol. The minimum Gasteiger partial charge on any atom is -0.478 e. The summed E-state index contributed by atoms with van der Waals surface area (Å²) in [5.41, 5.74) is -0.222. The number of carboxylic acid groups (broad SMARTS) is 1. The van der Waals surface area contributed by atoms with E-state index in [2.05, 4.69) is 4.74 Å². The summed E-state index contributed by atoms with van der Waals surface area (Å²) in [5, 5.41) is 8.77. The number of hydrogen-bond acceptors (Lipinski definition) is 4. The Bertz CT molecular complexity index is 610. The fourth-order valence-electron chi connectivity index (χ4n) is 1.37. The molecule has 0 bridgehead atoms. The van der Waals surface area contributed by atoms with Crippen molar-refractivity contribution in [2.75, 3.05) is 12.4 Å². The van der Waals surface area contributed by atoms with Gasteiger partial charge in [0.15, 0.2) is 15.9 Å². The van der Waals surface area contributed by atoms with Gasteiger partial charge in [0.25, 0.3) is 0 Å². The summed E-state index contributed by atoms with van der Waals surface area (Å²) < 4.78 is 64.8. The van der Waals surface area contributed by atoms with E-state index in [-0.39, 0.29) is 10.5 Å². The zero-order valence-corrected chi connectivity index (χ0v) is 11.7. The molecule has 0 heterocycles. The van der Waals surface area contributed by atoms with E-state index >= 15 is 0 Å². The molecule has 0 aliphatic heterocycles. The average Bonchev–Trinajstić information content (AvgIpc) is 2.37. The number of carboxylic acids is 1. The van der Waals surface area contributed by atoms with Gasteiger partial charge in [-0.3, -0.25) is 0 Å². The topological polar surface area (TPSA) is 80.7 Å². The van der Waals surface area contributed by atoms with Crippen molar-refractivity contribution in [3.05, 3.63) is 29.8 Å². The molecule has 1 rings (SSSR count). The van der Waals surface area contributed by atoms with Crippen LogP contribution in [0.4, 0.5) is 13.2 Å². The van der Waals surface area contributed by atoms with Crippen LogP contribution in [-0.2, 0) is 14.6 Å². The Balaban J connectivity index is 2.74. The third-order valence-electron chi connectivity index (χ3n) is 2.62. The van der Waals surface area contributed by atoms with Crippen molar-refractivity contribution in [1.82, 2.24) is 0 Å². The summed E-state index contributed by atoms with van der Waals surface area (Å²) in [4.78, 5) is 10.5. The second-order valence-electron chi connectivity index (χ2n) is 4.21. The van der Waals surface area contributed by atoms with E-state index in [9.17, 15) is 26.4 Å². The van der Waals surface area contributed by atoms with Crippen LogP contribution in [0.25, 0.3) is 0 Å². The number of alkyl halides is 3. The molecule has 0 amide bonds. The van der Waals surface area contributed by atoms with Crippen molar-refractivity contribution in [2.24, 2.45) is 0 Å². The minimum atomic E-state index is -4.56. The molecular weight excluding hydrogens is 313 g/mol. The van der Waals surface area contributed by atoms with Crippen LogP contribution in [0, 0.1) is 0 Å².